The van der Waals surface area contributed by atoms with E-state index in [1.807, 2.05) is 0 Å². The molecule has 7 unspecified atom stereocenters. The van der Waals surface area contributed by atoms with Crippen molar-refractivity contribution >= 4 is 17.5 Å². The molecule has 0 aromatic rings. The largest absolute Gasteiger partial charge is 0.380 e. The first-order valence-corrected chi connectivity index (χ1v) is 17.0. The van der Waals surface area contributed by atoms with E-state index < -0.39 is 12.1 Å². The maximum absolute atomic E-state index is 14.1. The van der Waals surface area contributed by atoms with E-state index in [2.05, 4.69) is 45.7 Å². The molecule has 234 valence electrons. The minimum atomic E-state index is -0.744. The summed E-state index contributed by atoms with van der Waals surface area (Å²) in [7, 11) is 0. The second-order valence-corrected chi connectivity index (χ2v) is 13.9. The number of halogens is 1. The average Bonchev–Trinajstić information content (AvgIpc) is 3.70. The summed E-state index contributed by atoms with van der Waals surface area (Å²) in [5, 5.41) is 10.7. The van der Waals surface area contributed by atoms with Crippen molar-refractivity contribution in [3.63, 3.8) is 0 Å². The number of nitrogens with two attached hydrogens (primary N) is 2. The number of fused-ring (bicyclic) bond motifs is 1. The highest BCUT2D eigenvalue weighted by Gasteiger charge is 2.52. The number of ether oxygens (including phenoxy) is 1. The van der Waals surface area contributed by atoms with Crippen LogP contribution in [0.2, 0.25) is 0 Å². The molecule has 5 aliphatic rings. The molecule has 0 radical (unpaired) electrons. The summed E-state index contributed by atoms with van der Waals surface area (Å²) >= 11 is 6.91. The Hall–Kier alpha value is -0.780. The minimum Gasteiger partial charge on any atom is -0.380 e. The van der Waals surface area contributed by atoms with Crippen LogP contribution in [0.3, 0.4) is 0 Å². The Morgan fingerprint density at radius 2 is 1.98 bits per heavy atom. The molecule has 7 N–H and O–H groups in total. The second kappa shape index (κ2) is 14.3. The summed E-state index contributed by atoms with van der Waals surface area (Å²) in [5.41, 5.74) is 14.4. The predicted octanol–water partition coefficient (Wildman–Crippen LogP) is 1.74. The predicted molar refractivity (Wildman–Crippen MR) is 166 cm³/mol. The highest BCUT2D eigenvalue weighted by Crippen LogP contribution is 2.59. The lowest BCUT2D eigenvalue weighted by Crippen LogP contribution is -2.65. The van der Waals surface area contributed by atoms with Crippen molar-refractivity contribution in [2.24, 2.45) is 22.8 Å². The van der Waals surface area contributed by atoms with Gasteiger partial charge in [0.1, 0.15) is 0 Å². The van der Waals surface area contributed by atoms with E-state index in [1.165, 1.54) is 18.4 Å². The molecule has 1 saturated carbocycles. The van der Waals surface area contributed by atoms with Gasteiger partial charge in [-0.05, 0) is 63.3 Å². The van der Waals surface area contributed by atoms with Crippen molar-refractivity contribution in [2.75, 3.05) is 52.5 Å². The zero-order valence-electron chi connectivity index (χ0n) is 25.5. The first-order chi connectivity index (χ1) is 19.8. The molecule has 10 heteroatoms. The number of alkyl halides is 1. The zero-order valence-corrected chi connectivity index (χ0v) is 26.2. The molecular formula is C31H56ClN7O2. The van der Waals surface area contributed by atoms with Crippen LogP contribution in [0.4, 0.5) is 0 Å². The Morgan fingerprint density at radius 3 is 2.71 bits per heavy atom. The molecule has 1 amide bonds. The van der Waals surface area contributed by atoms with Crippen molar-refractivity contribution in [1.29, 1.82) is 0 Å². The van der Waals surface area contributed by atoms with E-state index in [4.69, 9.17) is 27.8 Å². The second-order valence-electron chi connectivity index (χ2n) is 13.4. The minimum absolute atomic E-state index is 0.0185. The number of hydrogen-bond donors (Lipinski definition) is 5. The van der Waals surface area contributed by atoms with Crippen LogP contribution in [0.15, 0.2) is 11.6 Å². The Balaban J connectivity index is 1.25. The summed E-state index contributed by atoms with van der Waals surface area (Å²) in [6.07, 6.45) is 11.0. The molecule has 4 fully saturated rings. The van der Waals surface area contributed by atoms with Gasteiger partial charge in [-0.1, -0.05) is 31.9 Å². The van der Waals surface area contributed by atoms with Gasteiger partial charge in [0.05, 0.1) is 30.1 Å². The molecule has 0 aromatic heterocycles. The van der Waals surface area contributed by atoms with Crippen LogP contribution in [0.25, 0.3) is 0 Å². The molecule has 7 atom stereocenters. The fraction of sp³-hybridized carbons (Fsp3) is 0.903. The van der Waals surface area contributed by atoms with Gasteiger partial charge >= 0.3 is 0 Å². The lowest BCUT2D eigenvalue weighted by atomic mass is 9.82. The first-order valence-electron chi connectivity index (χ1n) is 16.5. The van der Waals surface area contributed by atoms with Gasteiger partial charge in [0.2, 0.25) is 5.91 Å². The van der Waals surface area contributed by atoms with Gasteiger partial charge in [0.15, 0.2) is 0 Å². The highest BCUT2D eigenvalue weighted by atomic mass is 35.5. The number of nitrogens with one attached hydrogen (secondary N) is 3. The van der Waals surface area contributed by atoms with Gasteiger partial charge in [-0.2, -0.15) is 0 Å². The van der Waals surface area contributed by atoms with E-state index in [-0.39, 0.29) is 34.8 Å². The molecule has 9 nitrogen and oxygen atoms in total. The quantitative estimate of drug-likeness (QED) is 0.156. The molecule has 0 bridgehead atoms. The van der Waals surface area contributed by atoms with E-state index in [0.29, 0.717) is 12.1 Å². The molecule has 0 spiro atoms. The van der Waals surface area contributed by atoms with Crippen molar-refractivity contribution in [1.82, 2.24) is 25.8 Å². The summed E-state index contributed by atoms with van der Waals surface area (Å²) in [6, 6.07) is 1.00. The number of likely N-dealkylation sites (tertiary alicyclic amines) is 1. The van der Waals surface area contributed by atoms with Crippen molar-refractivity contribution in [2.45, 2.75) is 113 Å². The number of carbonyl (C=O) groups excluding carboxylic acids is 1. The number of rotatable bonds is 9. The number of amides is 1. The number of nitrogens with zero attached hydrogens (tertiary/aromatic N) is 2. The molecule has 1 aliphatic carbocycles. The fourth-order valence-electron chi connectivity index (χ4n) is 8.24. The Kier molecular flexibility index (Phi) is 11.1. The molecule has 4 heterocycles. The third-order valence-electron chi connectivity index (χ3n) is 10.8. The topological polar surface area (TPSA) is 121 Å². The number of allylic oxidation sites excluding steroid dienone is 1. The van der Waals surface area contributed by atoms with Gasteiger partial charge in [-0.25, -0.2) is 0 Å². The molecule has 41 heavy (non-hydrogen) atoms. The lowest BCUT2D eigenvalue weighted by Gasteiger charge is -2.46. The van der Waals surface area contributed by atoms with Gasteiger partial charge in [0.25, 0.3) is 0 Å². The van der Waals surface area contributed by atoms with Crippen LogP contribution in [0.5, 0.6) is 0 Å². The summed E-state index contributed by atoms with van der Waals surface area (Å²) in [6.45, 7) is 12.3. The van der Waals surface area contributed by atoms with Crippen LogP contribution in [0, 0.1) is 11.3 Å². The fourth-order valence-corrected chi connectivity index (χ4v) is 8.59. The van der Waals surface area contributed by atoms with E-state index >= 15 is 0 Å². The van der Waals surface area contributed by atoms with Crippen LogP contribution in [-0.2, 0) is 9.53 Å². The maximum atomic E-state index is 14.1. The van der Waals surface area contributed by atoms with E-state index in [1.54, 1.807) is 0 Å². The number of piperidine rings is 2. The van der Waals surface area contributed by atoms with E-state index in [9.17, 15) is 4.79 Å². The highest BCUT2D eigenvalue weighted by molar-refractivity contribution is 6.22. The molecular weight excluding hydrogens is 538 g/mol. The smallest absolute Gasteiger partial charge is 0.227 e. The Morgan fingerprint density at radius 1 is 1.17 bits per heavy atom. The van der Waals surface area contributed by atoms with Crippen LogP contribution in [-0.4, -0.2) is 110 Å². The Labute approximate surface area is 252 Å². The van der Waals surface area contributed by atoms with Crippen molar-refractivity contribution < 1.29 is 9.53 Å². The maximum Gasteiger partial charge on any atom is 0.227 e. The molecule has 4 aliphatic heterocycles. The van der Waals surface area contributed by atoms with E-state index in [0.717, 1.165) is 97.4 Å². The SMILES string of the molecule is CCCC1NC(C(C(=O)NC2CNCCC2N2CCC(N3CCCOCC3)CC2)C(N)N)CC2(CC)CC2=CC1Cl. The van der Waals surface area contributed by atoms with Crippen LogP contribution in [0.1, 0.15) is 71.6 Å². The molecule has 0 aromatic carbocycles. The summed E-state index contributed by atoms with van der Waals surface area (Å²) in [5.74, 6) is -0.532. The van der Waals surface area contributed by atoms with Crippen molar-refractivity contribution in [3.05, 3.63) is 11.6 Å². The zero-order chi connectivity index (χ0) is 29.0. The Bertz CT molecular complexity index is 890. The van der Waals surface area contributed by atoms with Crippen LogP contribution >= 0.6 is 11.6 Å². The van der Waals surface area contributed by atoms with Gasteiger partial charge in [-0.3, -0.25) is 14.6 Å². The van der Waals surface area contributed by atoms with Gasteiger partial charge in [0, 0.05) is 63.5 Å². The number of carbonyl (C=O) groups is 1. The lowest BCUT2D eigenvalue weighted by molar-refractivity contribution is -0.128. The van der Waals surface area contributed by atoms with Crippen LogP contribution < -0.4 is 27.4 Å². The average molecular weight is 594 g/mol. The molecule has 3 saturated heterocycles. The molecule has 5 rings (SSSR count). The normalized spacial score (nSPS) is 36.9. The van der Waals surface area contributed by atoms with Crippen molar-refractivity contribution in [3.8, 4) is 0 Å². The first kappa shape index (κ1) is 31.6. The summed E-state index contributed by atoms with van der Waals surface area (Å²) < 4.78 is 5.69. The van der Waals surface area contributed by atoms with Gasteiger partial charge in [-0.15, -0.1) is 11.6 Å². The van der Waals surface area contributed by atoms with Gasteiger partial charge < -0.3 is 32.2 Å². The number of hydrogen-bond acceptors (Lipinski definition) is 8. The standard InChI is InChI=1S/C31H56ClN7O2/c1-3-6-24-23(32)17-21-18-31(21,4-2)19-25(36-24)28(29(33)34)30(40)37-26-20-35-10-7-27(26)39-12-8-22(9-13-39)38-11-5-15-41-16-14-38/h17,22-29,35-36H,3-16,18-20,33-34H2,1-2H3,(H,37,40). The summed E-state index contributed by atoms with van der Waals surface area (Å²) in [4.78, 5) is 19.4. The monoisotopic (exact) mass is 593 g/mol. The third-order valence-corrected chi connectivity index (χ3v) is 11.2. The third kappa shape index (κ3) is 7.48.